The van der Waals surface area contributed by atoms with Crippen LogP contribution in [-0.2, 0) is 14.3 Å². The van der Waals surface area contributed by atoms with Gasteiger partial charge in [0.1, 0.15) is 22.1 Å². The first kappa shape index (κ1) is 19.8. The number of carbonyl (C=O) groups excluding carboxylic acids is 2. The Morgan fingerprint density at radius 1 is 1.31 bits per heavy atom. The second-order valence-corrected chi connectivity index (χ2v) is 6.48. The summed E-state index contributed by atoms with van der Waals surface area (Å²) < 4.78 is 10.2. The number of hydrogen-bond acceptors (Lipinski definition) is 6. The number of aliphatic imine (C=N–C) groups is 1. The third-order valence-electron chi connectivity index (χ3n) is 3.62. The first-order valence-corrected chi connectivity index (χ1v) is 8.99. The van der Waals surface area contributed by atoms with Crippen molar-refractivity contribution in [2.75, 3.05) is 13.7 Å². The predicted octanol–water partition coefficient (Wildman–Crippen LogP) is 3.80. The van der Waals surface area contributed by atoms with Gasteiger partial charge in [0.05, 0.1) is 18.6 Å². The van der Waals surface area contributed by atoms with Crippen LogP contribution >= 0.6 is 11.8 Å². The number of methoxy groups -OCH3 is 1. The van der Waals surface area contributed by atoms with Crippen LogP contribution in [0.3, 0.4) is 0 Å². The molecule has 1 aliphatic rings. The first-order valence-electron chi connectivity index (χ1n) is 8.18. The van der Waals surface area contributed by atoms with E-state index in [9.17, 15) is 14.7 Å². The van der Waals surface area contributed by atoms with Crippen molar-refractivity contribution in [2.24, 2.45) is 4.99 Å². The van der Waals surface area contributed by atoms with Gasteiger partial charge in [-0.15, -0.1) is 0 Å². The Morgan fingerprint density at radius 3 is 2.62 bits per heavy atom. The molecular weight excluding hydrogens is 354 g/mol. The molecule has 1 heterocycles. The van der Waals surface area contributed by atoms with E-state index in [1.165, 1.54) is 0 Å². The highest BCUT2D eigenvalue weighted by atomic mass is 32.2. The van der Waals surface area contributed by atoms with E-state index < -0.39 is 5.97 Å². The van der Waals surface area contributed by atoms with Gasteiger partial charge in [0.15, 0.2) is 0 Å². The fourth-order valence-corrected chi connectivity index (χ4v) is 3.36. The van der Waals surface area contributed by atoms with Crippen LogP contribution in [-0.4, -0.2) is 35.7 Å². The van der Waals surface area contributed by atoms with Gasteiger partial charge in [0.25, 0.3) is 0 Å². The van der Waals surface area contributed by atoms with Gasteiger partial charge in [-0.25, -0.2) is 9.79 Å². The van der Waals surface area contributed by atoms with E-state index in [1.54, 1.807) is 27.0 Å². The molecule has 6 nitrogen and oxygen atoms in total. The second kappa shape index (κ2) is 8.71. The molecule has 26 heavy (non-hydrogen) atoms. The van der Waals surface area contributed by atoms with E-state index >= 15 is 0 Å². The van der Waals surface area contributed by atoms with Crippen molar-refractivity contribution in [3.63, 3.8) is 0 Å². The Morgan fingerprint density at radius 2 is 2.04 bits per heavy atom. The van der Waals surface area contributed by atoms with E-state index in [-0.39, 0.29) is 35.3 Å². The number of rotatable bonds is 5. The molecule has 1 aromatic carbocycles. The largest absolute Gasteiger partial charge is 0.506 e. The number of thioether (sulfide) groups is 1. The Bertz CT molecular complexity index is 823. The summed E-state index contributed by atoms with van der Waals surface area (Å²) in [7, 11) is 1.60. The van der Waals surface area contributed by atoms with E-state index in [2.05, 4.69) is 4.99 Å². The van der Waals surface area contributed by atoms with Crippen LogP contribution in [0, 0.1) is 6.92 Å². The lowest BCUT2D eigenvalue weighted by Gasteiger charge is -2.05. The van der Waals surface area contributed by atoms with Crippen molar-refractivity contribution in [1.82, 2.24) is 0 Å². The first-order chi connectivity index (χ1) is 12.4. The van der Waals surface area contributed by atoms with Gasteiger partial charge in [-0.3, -0.25) is 4.79 Å². The number of amides is 1. The molecule has 0 spiro atoms. The van der Waals surface area contributed by atoms with Crippen molar-refractivity contribution in [2.45, 2.75) is 27.2 Å². The SMILES string of the molecule is CCOC(=O)C1=C(O)/C(=C/c2ccc(OC)c(C)c2)SC1=NC(=O)CC. The van der Waals surface area contributed by atoms with Gasteiger partial charge in [-0.05, 0) is 43.2 Å². The minimum absolute atomic E-state index is 0.0740. The molecule has 1 amide bonds. The van der Waals surface area contributed by atoms with Crippen molar-refractivity contribution in [3.8, 4) is 5.75 Å². The zero-order chi connectivity index (χ0) is 19.3. The summed E-state index contributed by atoms with van der Waals surface area (Å²) in [5.41, 5.74) is 1.69. The zero-order valence-electron chi connectivity index (χ0n) is 15.2. The Labute approximate surface area is 156 Å². The average Bonchev–Trinajstić information content (AvgIpc) is 2.90. The molecule has 0 aliphatic carbocycles. The van der Waals surface area contributed by atoms with Gasteiger partial charge in [0.2, 0.25) is 5.91 Å². The summed E-state index contributed by atoms with van der Waals surface area (Å²) in [5, 5.41) is 10.7. The number of carbonyl (C=O) groups is 2. The Kier molecular flexibility index (Phi) is 6.63. The Balaban J connectivity index is 2.46. The molecule has 0 aromatic heterocycles. The minimum atomic E-state index is -0.700. The van der Waals surface area contributed by atoms with Gasteiger partial charge < -0.3 is 14.6 Å². The number of aliphatic hydroxyl groups is 1. The molecule has 0 unspecified atom stereocenters. The van der Waals surface area contributed by atoms with Gasteiger partial charge in [-0.2, -0.15) is 0 Å². The van der Waals surface area contributed by atoms with Crippen LogP contribution in [0.5, 0.6) is 5.75 Å². The maximum atomic E-state index is 12.2. The molecular formula is C19H21NO5S. The van der Waals surface area contributed by atoms with Crippen LogP contribution in [0.2, 0.25) is 0 Å². The third-order valence-corrected chi connectivity index (χ3v) is 4.64. The molecule has 0 saturated heterocycles. The maximum absolute atomic E-state index is 12.2. The monoisotopic (exact) mass is 375 g/mol. The number of nitrogens with zero attached hydrogens (tertiary/aromatic N) is 1. The molecule has 0 fully saturated rings. The maximum Gasteiger partial charge on any atom is 0.344 e. The smallest absolute Gasteiger partial charge is 0.344 e. The van der Waals surface area contributed by atoms with Crippen LogP contribution in [0.1, 0.15) is 31.4 Å². The summed E-state index contributed by atoms with van der Waals surface area (Å²) in [6, 6.07) is 5.56. The van der Waals surface area contributed by atoms with Gasteiger partial charge in [-0.1, -0.05) is 24.8 Å². The van der Waals surface area contributed by atoms with Gasteiger partial charge >= 0.3 is 5.97 Å². The standard InChI is InChI=1S/C19H21NO5S/c1-5-15(21)20-18-16(19(23)25-6-2)17(22)14(26-18)10-12-7-8-13(24-4)11(3)9-12/h7-10,22H,5-6H2,1-4H3/b14-10-,20-18?. The summed E-state index contributed by atoms with van der Waals surface area (Å²) in [6.07, 6.45) is 1.93. The molecule has 0 saturated carbocycles. The number of hydrogen-bond donors (Lipinski definition) is 1. The normalized spacial score (nSPS) is 17.1. The number of aliphatic hydroxyl groups excluding tert-OH is 1. The van der Waals surface area contributed by atoms with Crippen LogP contribution in [0.15, 0.2) is 39.4 Å². The molecule has 7 heteroatoms. The molecule has 0 bridgehead atoms. The van der Waals surface area contributed by atoms with Crippen molar-refractivity contribution in [3.05, 3.63) is 45.6 Å². The number of benzene rings is 1. The second-order valence-electron chi connectivity index (χ2n) is 5.45. The highest BCUT2D eigenvalue weighted by Gasteiger charge is 2.33. The quantitative estimate of drug-likeness (QED) is 0.788. The fourth-order valence-electron chi connectivity index (χ4n) is 2.33. The third kappa shape index (κ3) is 4.35. The average molecular weight is 375 g/mol. The van der Waals surface area contributed by atoms with Crippen molar-refractivity contribution < 1.29 is 24.2 Å². The molecule has 2 rings (SSSR count). The Hall–Kier alpha value is -2.54. The van der Waals surface area contributed by atoms with E-state index in [0.717, 1.165) is 28.6 Å². The van der Waals surface area contributed by atoms with Crippen LogP contribution in [0.25, 0.3) is 6.08 Å². The van der Waals surface area contributed by atoms with E-state index in [0.29, 0.717) is 4.91 Å². The lowest BCUT2D eigenvalue weighted by Crippen LogP contribution is -2.14. The summed E-state index contributed by atoms with van der Waals surface area (Å²) in [4.78, 5) is 28.2. The topological polar surface area (TPSA) is 85.2 Å². The van der Waals surface area contributed by atoms with Crippen molar-refractivity contribution in [1.29, 1.82) is 0 Å². The molecule has 1 aromatic rings. The number of esters is 1. The summed E-state index contributed by atoms with van der Waals surface area (Å²) in [5.74, 6) is -0.545. The molecule has 1 aliphatic heterocycles. The lowest BCUT2D eigenvalue weighted by molar-refractivity contribution is -0.138. The number of ether oxygens (including phenoxy) is 2. The van der Waals surface area contributed by atoms with Crippen molar-refractivity contribution >= 4 is 34.8 Å². The molecule has 1 N–H and O–H groups in total. The minimum Gasteiger partial charge on any atom is -0.506 e. The molecule has 0 atom stereocenters. The predicted molar refractivity (Wildman–Crippen MR) is 102 cm³/mol. The number of aryl methyl sites for hydroxylation is 1. The highest BCUT2D eigenvalue weighted by molar-refractivity contribution is 8.18. The lowest BCUT2D eigenvalue weighted by atomic mass is 10.1. The highest BCUT2D eigenvalue weighted by Crippen LogP contribution is 2.39. The molecule has 0 radical (unpaired) electrons. The van der Waals surface area contributed by atoms with Gasteiger partial charge in [0, 0.05) is 6.42 Å². The zero-order valence-corrected chi connectivity index (χ0v) is 16.0. The van der Waals surface area contributed by atoms with E-state index in [1.807, 2.05) is 25.1 Å². The summed E-state index contributed by atoms with van der Waals surface area (Å²) >= 11 is 1.07. The van der Waals surface area contributed by atoms with E-state index in [4.69, 9.17) is 9.47 Å². The van der Waals surface area contributed by atoms with Crippen LogP contribution in [0.4, 0.5) is 0 Å². The molecule has 138 valence electrons. The fraction of sp³-hybridized carbons (Fsp3) is 0.316. The summed E-state index contributed by atoms with van der Waals surface area (Å²) in [6.45, 7) is 5.42. The van der Waals surface area contributed by atoms with Crippen LogP contribution < -0.4 is 4.74 Å².